The predicted octanol–water partition coefficient (Wildman–Crippen LogP) is 4.29. The Morgan fingerprint density at radius 2 is 1.83 bits per heavy atom. The quantitative estimate of drug-likeness (QED) is 0.639. The SMILES string of the molecule is CC[C@H](C)c1ccc(NC(=O)Cc2ccccc2[N+](=O)[O-])cc1. The summed E-state index contributed by atoms with van der Waals surface area (Å²) in [5.74, 6) is 0.210. The van der Waals surface area contributed by atoms with Crippen LogP contribution in [0.3, 0.4) is 0 Å². The third-order valence-corrected chi connectivity index (χ3v) is 3.92. The molecule has 120 valence electrons. The van der Waals surface area contributed by atoms with Gasteiger partial charge in [0.2, 0.25) is 5.91 Å². The number of nitro groups is 1. The second-order valence-electron chi connectivity index (χ2n) is 5.54. The first kappa shape index (κ1) is 16.7. The molecule has 5 nitrogen and oxygen atoms in total. The third-order valence-electron chi connectivity index (χ3n) is 3.92. The summed E-state index contributed by atoms with van der Waals surface area (Å²) in [4.78, 5) is 22.6. The van der Waals surface area contributed by atoms with Crippen molar-refractivity contribution in [1.82, 2.24) is 0 Å². The largest absolute Gasteiger partial charge is 0.326 e. The maximum Gasteiger partial charge on any atom is 0.273 e. The zero-order chi connectivity index (χ0) is 16.8. The van der Waals surface area contributed by atoms with Gasteiger partial charge in [-0.1, -0.05) is 44.2 Å². The number of nitro benzene ring substituents is 1. The Bertz CT molecular complexity index is 696. The highest BCUT2D eigenvalue weighted by atomic mass is 16.6. The van der Waals surface area contributed by atoms with Crippen LogP contribution in [0.4, 0.5) is 11.4 Å². The molecule has 2 aromatic rings. The van der Waals surface area contributed by atoms with Crippen LogP contribution in [0.25, 0.3) is 0 Å². The summed E-state index contributed by atoms with van der Waals surface area (Å²) < 4.78 is 0. The number of amides is 1. The maximum atomic E-state index is 12.1. The van der Waals surface area contributed by atoms with Gasteiger partial charge in [0, 0.05) is 17.3 Å². The van der Waals surface area contributed by atoms with Gasteiger partial charge < -0.3 is 5.32 Å². The van der Waals surface area contributed by atoms with Crippen molar-refractivity contribution in [1.29, 1.82) is 0 Å². The van der Waals surface area contributed by atoms with Crippen LogP contribution in [-0.4, -0.2) is 10.8 Å². The molecule has 0 aliphatic carbocycles. The molecule has 0 fully saturated rings. The van der Waals surface area contributed by atoms with Gasteiger partial charge in [-0.05, 0) is 30.0 Å². The van der Waals surface area contributed by atoms with Gasteiger partial charge in [0.1, 0.15) is 0 Å². The molecule has 1 amide bonds. The fourth-order valence-electron chi connectivity index (χ4n) is 2.35. The van der Waals surface area contributed by atoms with E-state index in [-0.39, 0.29) is 18.0 Å². The van der Waals surface area contributed by atoms with Crippen LogP contribution in [0.15, 0.2) is 48.5 Å². The molecule has 0 spiro atoms. The fraction of sp³-hybridized carbons (Fsp3) is 0.278. The summed E-state index contributed by atoms with van der Waals surface area (Å²) in [7, 11) is 0. The second kappa shape index (κ2) is 7.54. The Labute approximate surface area is 135 Å². The first-order chi connectivity index (χ1) is 11.0. The molecule has 0 radical (unpaired) electrons. The zero-order valence-corrected chi connectivity index (χ0v) is 13.3. The molecular formula is C18H20N2O3. The molecular weight excluding hydrogens is 292 g/mol. The molecule has 1 atom stereocenters. The Hall–Kier alpha value is -2.69. The summed E-state index contributed by atoms with van der Waals surface area (Å²) in [5, 5.41) is 13.7. The molecule has 23 heavy (non-hydrogen) atoms. The van der Waals surface area contributed by atoms with E-state index in [0.29, 0.717) is 17.2 Å². The van der Waals surface area contributed by atoms with E-state index in [2.05, 4.69) is 19.2 Å². The number of hydrogen-bond donors (Lipinski definition) is 1. The van der Waals surface area contributed by atoms with Gasteiger partial charge >= 0.3 is 0 Å². The molecule has 0 aromatic heterocycles. The fourth-order valence-corrected chi connectivity index (χ4v) is 2.35. The van der Waals surface area contributed by atoms with Gasteiger partial charge in [0.15, 0.2) is 0 Å². The second-order valence-corrected chi connectivity index (χ2v) is 5.54. The average Bonchev–Trinajstić information content (AvgIpc) is 2.55. The lowest BCUT2D eigenvalue weighted by atomic mass is 9.98. The van der Waals surface area contributed by atoms with Crippen LogP contribution in [0, 0.1) is 10.1 Å². The average molecular weight is 312 g/mol. The summed E-state index contributed by atoms with van der Waals surface area (Å²) >= 11 is 0. The van der Waals surface area contributed by atoms with Gasteiger partial charge in [-0.2, -0.15) is 0 Å². The van der Waals surface area contributed by atoms with E-state index in [1.807, 2.05) is 24.3 Å². The normalized spacial score (nSPS) is 11.7. The van der Waals surface area contributed by atoms with Crippen LogP contribution in [0.5, 0.6) is 0 Å². The van der Waals surface area contributed by atoms with Gasteiger partial charge in [-0.15, -0.1) is 0 Å². The molecule has 0 saturated carbocycles. The molecule has 0 bridgehead atoms. The van der Waals surface area contributed by atoms with E-state index in [1.54, 1.807) is 18.2 Å². The van der Waals surface area contributed by atoms with E-state index in [4.69, 9.17) is 0 Å². The van der Waals surface area contributed by atoms with Crippen LogP contribution in [0.1, 0.15) is 37.3 Å². The highest BCUT2D eigenvalue weighted by molar-refractivity contribution is 5.92. The lowest BCUT2D eigenvalue weighted by Crippen LogP contribution is -2.15. The lowest BCUT2D eigenvalue weighted by Gasteiger charge is -2.10. The highest BCUT2D eigenvalue weighted by Crippen LogP contribution is 2.21. The minimum absolute atomic E-state index is 0.0235. The molecule has 2 aromatic carbocycles. The Morgan fingerprint density at radius 3 is 2.43 bits per heavy atom. The predicted molar refractivity (Wildman–Crippen MR) is 90.6 cm³/mol. The van der Waals surface area contributed by atoms with Crippen LogP contribution in [-0.2, 0) is 11.2 Å². The zero-order valence-electron chi connectivity index (χ0n) is 13.3. The highest BCUT2D eigenvalue weighted by Gasteiger charge is 2.15. The minimum Gasteiger partial charge on any atom is -0.326 e. The third kappa shape index (κ3) is 4.39. The Morgan fingerprint density at radius 1 is 1.17 bits per heavy atom. The number of nitrogens with one attached hydrogen (secondary N) is 1. The van der Waals surface area contributed by atoms with Crippen molar-refractivity contribution >= 4 is 17.3 Å². The molecule has 0 aliphatic rings. The number of anilines is 1. The number of benzene rings is 2. The van der Waals surface area contributed by atoms with Crippen LogP contribution >= 0.6 is 0 Å². The minimum atomic E-state index is -0.469. The van der Waals surface area contributed by atoms with Crippen LogP contribution < -0.4 is 5.32 Å². The number of rotatable bonds is 6. The van der Waals surface area contributed by atoms with Crippen LogP contribution in [0.2, 0.25) is 0 Å². The summed E-state index contributed by atoms with van der Waals surface area (Å²) in [6.45, 7) is 4.29. The standard InChI is InChI=1S/C18H20N2O3/c1-3-13(2)14-8-10-16(11-9-14)19-18(21)12-15-6-4-5-7-17(15)20(22)23/h4-11,13H,3,12H2,1-2H3,(H,19,21)/t13-/m0/s1. The van der Waals surface area contributed by atoms with Crippen molar-refractivity contribution in [2.45, 2.75) is 32.6 Å². The number of hydrogen-bond acceptors (Lipinski definition) is 3. The van der Waals surface area contributed by atoms with E-state index >= 15 is 0 Å². The molecule has 0 aliphatic heterocycles. The lowest BCUT2D eigenvalue weighted by molar-refractivity contribution is -0.385. The van der Waals surface area contributed by atoms with Gasteiger partial charge in [-0.25, -0.2) is 0 Å². The summed E-state index contributed by atoms with van der Waals surface area (Å²) in [6, 6.07) is 14.0. The first-order valence-corrected chi connectivity index (χ1v) is 7.63. The smallest absolute Gasteiger partial charge is 0.273 e. The monoisotopic (exact) mass is 312 g/mol. The Balaban J connectivity index is 2.04. The molecule has 1 N–H and O–H groups in total. The van der Waals surface area contributed by atoms with Crippen molar-refractivity contribution < 1.29 is 9.72 Å². The number of carbonyl (C=O) groups excluding carboxylic acids is 1. The van der Waals surface area contributed by atoms with Gasteiger partial charge in [-0.3, -0.25) is 14.9 Å². The Kier molecular flexibility index (Phi) is 5.46. The molecule has 0 saturated heterocycles. The molecule has 0 heterocycles. The van der Waals surface area contributed by atoms with E-state index in [9.17, 15) is 14.9 Å². The number of nitrogens with zero attached hydrogens (tertiary/aromatic N) is 1. The van der Waals surface area contributed by atoms with E-state index in [0.717, 1.165) is 6.42 Å². The van der Waals surface area contributed by atoms with Crippen molar-refractivity contribution in [2.75, 3.05) is 5.32 Å². The van der Waals surface area contributed by atoms with Gasteiger partial charge in [0.05, 0.1) is 11.3 Å². The molecule has 2 rings (SSSR count). The van der Waals surface area contributed by atoms with E-state index in [1.165, 1.54) is 11.6 Å². The summed E-state index contributed by atoms with van der Waals surface area (Å²) in [6.07, 6.45) is 1.04. The molecule has 0 unspecified atom stereocenters. The van der Waals surface area contributed by atoms with Gasteiger partial charge in [0.25, 0.3) is 5.69 Å². The van der Waals surface area contributed by atoms with Crippen molar-refractivity contribution in [2.24, 2.45) is 0 Å². The van der Waals surface area contributed by atoms with E-state index < -0.39 is 4.92 Å². The number of para-hydroxylation sites is 1. The maximum absolute atomic E-state index is 12.1. The first-order valence-electron chi connectivity index (χ1n) is 7.63. The number of carbonyl (C=O) groups is 1. The van der Waals surface area contributed by atoms with Crippen molar-refractivity contribution in [3.63, 3.8) is 0 Å². The molecule has 5 heteroatoms. The summed E-state index contributed by atoms with van der Waals surface area (Å²) in [5.41, 5.74) is 2.30. The van der Waals surface area contributed by atoms with Crippen molar-refractivity contribution in [3.8, 4) is 0 Å². The van der Waals surface area contributed by atoms with Crippen molar-refractivity contribution in [3.05, 3.63) is 69.8 Å². The topological polar surface area (TPSA) is 72.2 Å².